The lowest BCUT2D eigenvalue weighted by Gasteiger charge is -2.17. The molecule has 2 amide bonds. The fourth-order valence-electron chi connectivity index (χ4n) is 2.77. The summed E-state index contributed by atoms with van der Waals surface area (Å²) in [5, 5.41) is 5.73. The summed E-state index contributed by atoms with van der Waals surface area (Å²) in [6.07, 6.45) is 4.26. The highest BCUT2D eigenvalue weighted by molar-refractivity contribution is 5.89. The number of hydrogen-bond donors (Lipinski definition) is 2. The van der Waals surface area contributed by atoms with Crippen molar-refractivity contribution >= 4 is 17.5 Å². The fourth-order valence-corrected chi connectivity index (χ4v) is 2.77. The smallest absolute Gasteiger partial charge is 0.319 e. The highest BCUT2D eigenvalue weighted by Crippen LogP contribution is 2.18. The van der Waals surface area contributed by atoms with E-state index < -0.39 is 0 Å². The van der Waals surface area contributed by atoms with Crippen LogP contribution in [0.15, 0.2) is 42.6 Å². The molecular weight excluding hydrogens is 288 g/mol. The van der Waals surface area contributed by atoms with Gasteiger partial charge in [-0.05, 0) is 55.2 Å². The number of anilines is 2. The predicted molar refractivity (Wildman–Crippen MR) is 92.7 cm³/mol. The molecule has 0 aliphatic carbocycles. The van der Waals surface area contributed by atoms with E-state index in [-0.39, 0.29) is 6.03 Å². The number of amides is 2. The number of carbonyl (C=O) groups is 1. The van der Waals surface area contributed by atoms with E-state index in [1.54, 1.807) is 0 Å². The van der Waals surface area contributed by atoms with Gasteiger partial charge in [-0.1, -0.05) is 12.1 Å². The van der Waals surface area contributed by atoms with Crippen LogP contribution in [0.5, 0.6) is 0 Å². The fraction of sp³-hybridized carbons (Fsp3) is 0.333. The summed E-state index contributed by atoms with van der Waals surface area (Å²) >= 11 is 0. The lowest BCUT2D eigenvalue weighted by atomic mass is 10.2. The summed E-state index contributed by atoms with van der Waals surface area (Å²) < 4.78 is 0. The van der Waals surface area contributed by atoms with Crippen LogP contribution in [0.1, 0.15) is 24.0 Å². The van der Waals surface area contributed by atoms with Crippen molar-refractivity contribution in [3.63, 3.8) is 0 Å². The van der Waals surface area contributed by atoms with Crippen LogP contribution in [0.2, 0.25) is 0 Å². The van der Waals surface area contributed by atoms with Gasteiger partial charge in [-0.15, -0.1) is 0 Å². The van der Waals surface area contributed by atoms with Crippen molar-refractivity contribution in [3.05, 3.63) is 53.7 Å². The van der Waals surface area contributed by atoms with Gasteiger partial charge in [0.25, 0.3) is 0 Å². The number of hydrogen-bond acceptors (Lipinski definition) is 3. The number of carbonyl (C=O) groups excluding carboxylic acids is 1. The van der Waals surface area contributed by atoms with Gasteiger partial charge in [0.15, 0.2) is 0 Å². The van der Waals surface area contributed by atoms with Gasteiger partial charge in [0.05, 0.1) is 0 Å². The first kappa shape index (κ1) is 15.3. The largest absolute Gasteiger partial charge is 0.357 e. The third kappa shape index (κ3) is 4.22. The molecule has 0 unspecified atom stereocenters. The second-order valence-electron chi connectivity index (χ2n) is 5.89. The van der Waals surface area contributed by atoms with E-state index >= 15 is 0 Å². The van der Waals surface area contributed by atoms with Crippen molar-refractivity contribution in [1.82, 2.24) is 10.3 Å². The minimum atomic E-state index is -0.199. The van der Waals surface area contributed by atoms with Gasteiger partial charge in [-0.2, -0.15) is 0 Å². The molecule has 0 saturated carbocycles. The number of aryl methyl sites for hydroxylation is 1. The second kappa shape index (κ2) is 7.13. The molecule has 0 spiro atoms. The average Bonchev–Trinajstić information content (AvgIpc) is 3.08. The number of benzene rings is 1. The average molecular weight is 310 g/mol. The molecule has 5 heteroatoms. The van der Waals surface area contributed by atoms with Crippen molar-refractivity contribution in [2.24, 2.45) is 0 Å². The summed E-state index contributed by atoms with van der Waals surface area (Å²) in [4.78, 5) is 18.7. The third-order valence-corrected chi connectivity index (χ3v) is 3.97. The molecule has 1 fully saturated rings. The maximum absolute atomic E-state index is 12.0. The first-order valence-corrected chi connectivity index (χ1v) is 8.02. The Hall–Kier alpha value is -2.56. The predicted octanol–water partition coefficient (Wildman–Crippen LogP) is 3.31. The maximum Gasteiger partial charge on any atom is 0.319 e. The van der Waals surface area contributed by atoms with Gasteiger partial charge in [0, 0.05) is 31.5 Å². The molecule has 0 atom stereocenters. The Morgan fingerprint density at radius 1 is 1.22 bits per heavy atom. The molecule has 1 aromatic heterocycles. The quantitative estimate of drug-likeness (QED) is 0.911. The van der Waals surface area contributed by atoms with Crippen LogP contribution in [0.3, 0.4) is 0 Å². The first-order chi connectivity index (χ1) is 11.2. The maximum atomic E-state index is 12.0. The van der Waals surface area contributed by atoms with E-state index in [1.165, 1.54) is 12.8 Å². The Morgan fingerprint density at radius 3 is 2.83 bits per heavy atom. The number of nitrogens with zero attached hydrogens (tertiary/aromatic N) is 2. The number of rotatable bonds is 4. The monoisotopic (exact) mass is 310 g/mol. The van der Waals surface area contributed by atoms with Gasteiger partial charge < -0.3 is 15.5 Å². The molecule has 0 radical (unpaired) electrons. The molecule has 2 aromatic rings. The molecule has 1 aliphatic rings. The van der Waals surface area contributed by atoms with E-state index in [4.69, 9.17) is 0 Å². The molecule has 3 rings (SSSR count). The van der Waals surface area contributed by atoms with E-state index in [1.807, 2.05) is 43.5 Å². The zero-order chi connectivity index (χ0) is 16.1. The Labute approximate surface area is 136 Å². The Balaban J connectivity index is 1.55. The zero-order valence-electron chi connectivity index (χ0n) is 13.4. The molecule has 2 N–H and O–H groups in total. The lowest BCUT2D eigenvalue weighted by molar-refractivity contribution is 0.251. The highest BCUT2D eigenvalue weighted by atomic mass is 16.2. The molecule has 0 bridgehead atoms. The van der Waals surface area contributed by atoms with Gasteiger partial charge in [0.2, 0.25) is 0 Å². The van der Waals surface area contributed by atoms with Gasteiger partial charge in [-0.25, -0.2) is 9.78 Å². The molecule has 1 aliphatic heterocycles. The molecular formula is C18H22N4O. The van der Waals surface area contributed by atoms with Crippen LogP contribution in [0.25, 0.3) is 0 Å². The van der Waals surface area contributed by atoms with Crippen molar-refractivity contribution in [1.29, 1.82) is 0 Å². The van der Waals surface area contributed by atoms with Crippen LogP contribution in [-0.4, -0.2) is 24.1 Å². The molecule has 120 valence electrons. The Bertz CT molecular complexity index is 680. The standard InChI is InChI=1S/C18H22N4O/c1-14-5-4-6-16(11-14)21-18(23)20-13-15-7-8-19-17(12-15)22-9-2-3-10-22/h4-8,11-12H,2-3,9-10,13H2,1H3,(H2,20,21,23). The molecule has 1 saturated heterocycles. The molecule has 1 aromatic carbocycles. The highest BCUT2D eigenvalue weighted by Gasteiger charge is 2.13. The molecule has 23 heavy (non-hydrogen) atoms. The number of aromatic nitrogens is 1. The Morgan fingerprint density at radius 2 is 2.04 bits per heavy atom. The zero-order valence-corrected chi connectivity index (χ0v) is 13.4. The number of urea groups is 1. The number of nitrogens with one attached hydrogen (secondary N) is 2. The van der Waals surface area contributed by atoms with Gasteiger partial charge in [-0.3, -0.25) is 0 Å². The van der Waals surface area contributed by atoms with Crippen LogP contribution < -0.4 is 15.5 Å². The van der Waals surface area contributed by atoms with Gasteiger partial charge >= 0.3 is 6.03 Å². The normalized spacial score (nSPS) is 13.9. The van der Waals surface area contributed by atoms with Crippen molar-refractivity contribution < 1.29 is 4.79 Å². The van der Waals surface area contributed by atoms with E-state index in [9.17, 15) is 4.79 Å². The van der Waals surface area contributed by atoms with Crippen LogP contribution >= 0.6 is 0 Å². The van der Waals surface area contributed by atoms with E-state index in [0.717, 1.165) is 35.7 Å². The van der Waals surface area contributed by atoms with E-state index in [0.29, 0.717) is 6.54 Å². The second-order valence-corrected chi connectivity index (χ2v) is 5.89. The first-order valence-electron chi connectivity index (χ1n) is 8.02. The molecule has 5 nitrogen and oxygen atoms in total. The van der Waals surface area contributed by atoms with Crippen LogP contribution in [0.4, 0.5) is 16.3 Å². The third-order valence-electron chi connectivity index (χ3n) is 3.97. The lowest BCUT2D eigenvalue weighted by Crippen LogP contribution is -2.28. The minimum absolute atomic E-state index is 0.199. The van der Waals surface area contributed by atoms with Crippen molar-refractivity contribution in [3.8, 4) is 0 Å². The summed E-state index contributed by atoms with van der Waals surface area (Å²) in [7, 11) is 0. The van der Waals surface area contributed by atoms with Crippen LogP contribution in [-0.2, 0) is 6.54 Å². The summed E-state index contributed by atoms with van der Waals surface area (Å²) in [6.45, 7) is 4.62. The van der Waals surface area contributed by atoms with Gasteiger partial charge in [0.1, 0.15) is 5.82 Å². The summed E-state index contributed by atoms with van der Waals surface area (Å²) in [5.41, 5.74) is 2.98. The molecule has 2 heterocycles. The van der Waals surface area contributed by atoms with Crippen molar-refractivity contribution in [2.45, 2.75) is 26.3 Å². The van der Waals surface area contributed by atoms with Crippen molar-refractivity contribution in [2.75, 3.05) is 23.3 Å². The number of pyridine rings is 1. The summed E-state index contributed by atoms with van der Waals surface area (Å²) in [5.74, 6) is 1.00. The Kier molecular flexibility index (Phi) is 4.76. The summed E-state index contributed by atoms with van der Waals surface area (Å²) in [6, 6.07) is 11.5. The van der Waals surface area contributed by atoms with E-state index in [2.05, 4.69) is 26.6 Å². The SMILES string of the molecule is Cc1cccc(NC(=O)NCc2ccnc(N3CCCC3)c2)c1. The van der Waals surface area contributed by atoms with Crippen LogP contribution in [0, 0.1) is 6.92 Å². The minimum Gasteiger partial charge on any atom is -0.357 e. The topological polar surface area (TPSA) is 57.3 Å².